The molecule has 5 nitrogen and oxygen atoms in total. The second kappa shape index (κ2) is 5.42. The number of hydrazine groups is 1. The quantitative estimate of drug-likeness (QED) is 0.795. The first-order valence-corrected chi connectivity index (χ1v) is 7.27. The minimum Gasteiger partial charge on any atom is -0.367 e. The van der Waals surface area contributed by atoms with E-state index in [1.54, 1.807) is 0 Å². The summed E-state index contributed by atoms with van der Waals surface area (Å²) in [5, 5.41) is 5.51. The molecular formula is C15H22N4O. The topological polar surface area (TPSA) is 47.6 Å². The first-order chi connectivity index (χ1) is 9.70. The summed E-state index contributed by atoms with van der Waals surface area (Å²) >= 11 is 0. The first-order valence-electron chi connectivity index (χ1n) is 7.27. The zero-order valence-electron chi connectivity index (χ0n) is 12.1. The van der Waals surface area contributed by atoms with Crippen molar-refractivity contribution in [1.29, 1.82) is 0 Å². The number of likely N-dealkylation sites (N-methyl/N-ethyl adjacent to an activating group) is 1. The molecule has 2 atom stereocenters. The highest BCUT2D eigenvalue weighted by Crippen LogP contribution is 2.33. The van der Waals surface area contributed by atoms with Gasteiger partial charge >= 0.3 is 0 Å². The van der Waals surface area contributed by atoms with Crippen LogP contribution in [-0.2, 0) is 4.79 Å². The summed E-state index contributed by atoms with van der Waals surface area (Å²) in [6.45, 7) is 3.61. The van der Waals surface area contributed by atoms with Gasteiger partial charge in [0.1, 0.15) is 6.17 Å². The lowest BCUT2D eigenvalue weighted by Gasteiger charge is -2.47. The van der Waals surface area contributed by atoms with Crippen LogP contribution in [0.5, 0.6) is 0 Å². The number of dihydropyridines is 1. The van der Waals surface area contributed by atoms with Gasteiger partial charge in [-0.25, -0.2) is 5.43 Å². The summed E-state index contributed by atoms with van der Waals surface area (Å²) in [7, 11) is 2.03. The summed E-state index contributed by atoms with van der Waals surface area (Å²) < 4.78 is 0. The molecule has 0 aromatic carbocycles. The molecule has 0 amide bonds. The molecule has 3 aliphatic rings. The van der Waals surface area contributed by atoms with Gasteiger partial charge in [-0.05, 0) is 36.9 Å². The number of hydrogen-bond acceptors (Lipinski definition) is 5. The molecule has 0 saturated carbocycles. The fraction of sp³-hybridized carbons (Fsp3) is 0.533. The monoisotopic (exact) mass is 274 g/mol. The maximum atomic E-state index is 11.8. The molecule has 108 valence electrons. The molecule has 0 bridgehead atoms. The predicted octanol–water partition coefficient (Wildman–Crippen LogP) is 0.743. The summed E-state index contributed by atoms with van der Waals surface area (Å²) in [5.74, 6) is 0.295. The minimum atomic E-state index is 0.135. The van der Waals surface area contributed by atoms with Gasteiger partial charge in [-0.3, -0.25) is 14.7 Å². The molecule has 2 unspecified atom stereocenters. The number of piperidine rings is 1. The van der Waals surface area contributed by atoms with Crippen LogP contribution < -0.4 is 10.7 Å². The van der Waals surface area contributed by atoms with Crippen molar-refractivity contribution in [1.82, 2.24) is 20.7 Å². The second-order valence-electron chi connectivity index (χ2n) is 5.65. The molecule has 0 radical (unpaired) electrons. The van der Waals surface area contributed by atoms with Gasteiger partial charge in [-0.1, -0.05) is 13.0 Å². The Morgan fingerprint density at radius 3 is 3.15 bits per heavy atom. The molecule has 0 aromatic rings. The Balaban J connectivity index is 1.94. The summed E-state index contributed by atoms with van der Waals surface area (Å²) in [4.78, 5) is 14.0. The largest absolute Gasteiger partial charge is 0.367 e. The minimum absolute atomic E-state index is 0.135. The molecule has 3 aliphatic heterocycles. The van der Waals surface area contributed by atoms with E-state index >= 15 is 0 Å². The number of allylic oxidation sites excluding steroid dienone is 2. The van der Waals surface area contributed by atoms with E-state index in [1.807, 2.05) is 19.3 Å². The van der Waals surface area contributed by atoms with Crippen LogP contribution in [0.2, 0.25) is 0 Å². The number of fused-ring (bicyclic) bond motifs is 3. The highest BCUT2D eigenvalue weighted by Gasteiger charge is 2.39. The molecule has 3 heterocycles. The molecule has 20 heavy (non-hydrogen) atoms. The predicted molar refractivity (Wildman–Crippen MR) is 78.4 cm³/mol. The fourth-order valence-corrected chi connectivity index (χ4v) is 3.22. The Kier molecular flexibility index (Phi) is 3.63. The van der Waals surface area contributed by atoms with Crippen molar-refractivity contribution in [2.75, 3.05) is 20.1 Å². The molecule has 2 N–H and O–H groups in total. The third-order valence-electron chi connectivity index (χ3n) is 4.02. The first kappa shape index (κ1) is 13.4. The van der Waals surface area contributed by atoms with Crippen LogP contribution in [0, 0.1) is 0 Å². The van der Waals surface area contributed by atoms with Crippen molar-refractivity contribution in [2.45, 2.75) is 32.0 Å². The zero-order valence-corrected chi connectivity index (χ0v) is 12.1. The zero-order chi connectivity index (χ0) is 14.1. The Morgan fingerprint density at radius 2 is 2.35 bits per heavy atom. The third kappa shape index (κ3) is 2.27. The second-order valence-corrected chi connectivity index (χ2v) is 5.65. The number of carbonyl (C=O) groups excluding carboxylic acids is 1. The lowest BCUT2D eigenvalue weighted by molar-refractivity contribution is -0.121. The number of carbonyl (C=O) groups is 1. The van der Waals surface area contributed by atoms with Crippen LogP contribution in [0.25, 0.3) is 0 Å². The van der Waals surface area contributed by atoms with E-state index in [9.17, 15) is 4.79 Å². The van der Waals surface area contributed by atoms with Crippen molar-refractivity contribution >= 4 is 5.78 Å². The Morgan fingerprint density at radius 1 is 1.50 bits per heavy atom. The van der Waals surface area contributed by atoms with Crippen LogP contribution in [0.4, 0.5) is 0 Å². The van der Waals surface area contributed by atoms with Gasteiger partial charge in [-0.2, -0.15) is 0 Å². The van der Waals surface area contributed by atoms with Crippen molar-refractivity contribution < 1.29 is 4.79 Å². The Labute approximate surface area is 120 Å². The van der Waals surface area contributed by atoms with Crippen LogP contribution >= 0.6 is 0 Å². The maximum Gasteiger partial charge on any atom is 0.151 e. The van der Waals surface area contributed by atoms with Crippen molar-refractivity contribution in [3.63, 3.8) is 0 Å². The number of ketones is 1. The Bertz CT molecular complexity index is 494. The molecular weight excluding hydrogens is 252 g/mol. The molecule has 0 spiro atoms. The van der Waals surface area contributed by atoms with Crippen LogP contribution in [0.1, 0.15) is 19.8 Å². The standard InChI is InChI=1S/C15H22N4O/c1-3-6-17-19-9-11-8-12(20)10-18(2)14(11)13-5-4-7-16-15(13)19/h4-5,7,9,14-17H,3,6,8,10H2,1-2H3. The summed E-state index contributed by atoms with van der Waals surface area (Å²) in [6.07, 6.45) is 10.1. The molecule has 0 aromatic heterocycles. The lowest BCUT2D eigenvalue weighted by Crippen LogP contribution is -2.59. The number of nitrogens with one attached hydrogen (secondary N) is 2. The van der Waals surface area contributed by atoms with Crippen LogP contribution in [-0.4, -0.2) is 48.0 Å². The normalized spacial score (nSPS) is 29.3. The fourth-order valence-electron chi connectivity index (χ4n) is 3.22. The van der Waals surface area contributed by atoms with Crippen LogP contribution in [0.3, 0.4) is 0 Å². The number of Topliss-reactive ketones (excluding diaryl/α,β-unsaturated/α-hetero) is 1. The summed E-state index contributed by atoms with van der Waals surface area (Å²) in [5.41, 5.74) is 5.92. The van der Waals surface area contributed by atoms with Gasteiger partial charge in [-0.15, -0.1) is 0 Å². The van der Waals surface area contributed by atoms with E-state index in [1.165, 1.54) is 11.1 Å². The van der Waals surface area contributed by atoms with Crippen LogP contribution in [0.15, 0.2) is 35.7 Å². The van der Waals surface area contributed by atoms with Gasteiger partial charge in [0.05, 0.1) is 12.6 Å². The third-order valence-corrected chi connectivity index (χ3v) is 4.02. The molecule has 1 saturated heterocycles. The number of nitrogens with zero attached hydrogens (tertiary/aromatic N) is 2. The molecule has 1 fully saturated rings. The van der Waals surface area contributed by atoms with Crippen molar-refractivity contribution in [3.05, 3.63) is 35.7 Å². The van der Waals surface area contributed by atoms with E-state index < -0.39 is 0 Å². The van der Waals surface area contributed by atoms with E-state index in [4.69, 9.17) is 0 Å². The SMILES string of the molecule is CCCNN1C=C2CC(=O)CN(C)C2C2=CC=CNC21. The number of likely N-dealkylation sites (tertiary alicyclic amines) is 1. The van der Waals surface area contributed by atoms with Crippen molar-refractivity contribution in [3.8, 4) is 0 Å². The van der Waals surface area contributed by atoms with Gasteiger partial charge < -0.3 is 5.32 Å². The van der Waals surface area contributed by atoms with Gasteiger partial charge in [0.15, 0.2) is 5.78 Å². The maximum absolute atomic E-state index is 11.8. The van der Waals surface area contributed by atoms with Gasteiger partial charge in [0.25, 0.3) is 0 Å². The highest BCUT2D eigenvalue weighted by molar-refractivity contribution is 5.85. The average Bonchev–Trinajstić information content (AvgIpc) is 2.43. The number of rotatable bonds is 3. The van der Waals surface area contributed by atoms with E-state index in [2.05, 4.69) is 39.9 Å². The van der Waals surface area contributed by atoms with E-state index in [0.717, 1.165) is 13.0 Å². The van der Waals surface area contributed by atoms with E-state index in [0.29, 0.717) is 18.7 Å². The average molecular weight is 274 g/mol. The summed E-state index contributed by atoms with van der Waals surface area (Å²) in [6, 6.07) is 0.245. The molecule has 0 aliphatic carbocycles. The number of hydrogen-bond donors (Lipinski definition) is 2. The molecule has 3 rings (SSSR count). The highest BCUT2D eigenvalue weighted by atomic mass is 16.1. The van der Waals surface area contributed by atoms with Crippen molar-refractivity contribution in [2.24, 2.45) is 0 Å². The Hall–Kier alpha value is -1.59. The van der Waals surface area contributed by atoms with Gasteiger partial charge in [0, 0.05) is 19.2 Å². The van der Waals surface area contributed by atoms with Gasteiger partial charge in [0.2, 0.25) is 0 Å². The van der Waals surface area contributed by atoms with E-state index in [-0.39, 0.29) is 12.2 Å². The smallest absolute Gasteiger partial charge is 0.151 e. The molecule has 5 heteroatoms. The lowest BCUT2D eigenvalue weighted by atomic mass is 9.85.